The van der Waals surface area contributed by atoms with Crippen molar-refractivity contribution in [1.29, 1.82) is 0 Å². The molecule has 0 unspecified atom stereocenters. The Morgan fingerprint density at radius 2 is 1.47 bits per heavy atom. The van der Waals surface area contributed by atoms with Crippen molar-refractivity contribution in [3.8, 4) is 5.75 Å². The van der Waals surface area contributed by atoms with E-state index in [1.807, 2.05) is 68.4 Å². The van der Waals surface area contributed by atoms with Gasteiger partial charge in [0.2, 0.25) is 11.8 Å². The number of anilines is 1. The standard InChI is InChI=1S/C34H37N3O5S/c1-4-35-34(39)32(23-27-13-7-5-8-14-27)36(24-28-15-11-12-26(2)22-28)33(38)25-37(29-16-9-6-10-17-29)43(40,41)31-20-18-30(42-3)19-21-31/h5-22,32H,4,23-25H2,1-3H3,(H,35,39)/t32-/m0/s1. The Bertz CT molecular complexity index is 1610. The van der Waals surface area contributed by atoms with Gasteiger partial charge in [0.15, 0.2) is 0 Å². The molecular formula is C34H37N3O5S. The average molecular weight is 600 g/mol. The van der Waals surface area contributed by atoms with Crippen LogP contribution in [0.15, 0.2) is 114 Å². The van der Waals surface area contributed by atoms with Crippen molar-refractivity contribution >= 4 is 27.5 Å². The van der Waals surface area contributed by atoms with Crippen LogP contribution in [0.5, 0.6) is 5.75 Å². The average Bonchev–Trinajstić information content (AvgIpc) is 3.02. The van der Waals surface area contributed by atoms with Crippen molar-refractivity contribution in [1.82, 2.24) is 10.2 Å². The zero-order valence-corrected chi connectivity index (χ0v) is 25.5. The molecule has 8 nitrogen and oxygen atoms in total. The SMILES string of the molecule is CCNC(=O)[C@H](Cc1ccccc1)N(Cc1cccc(C)c1)C(=O)CN(c1ccccc1)S(=O)(=O)c1ccc(OC)cc1. The summed E-state index contributed by atoms with van der Waals surface area (Å²) in [7, 11) is -2.67. The normalized spacial score (nSPS) is 11.8. The number of hydrogen-bond donors (Lipinski definition) is 1. The van der Waals surface area contributed by atoms with Crippen LogP contribution in [0.4, 0.5) is 5.69 Å². The lowest BCUT2D eigenvalue weighted by Crippen LogP contribution is -2.53. The van der Waals surface area contributed by atoms with E-state index in [0.29, 0.717) is 18.0 Å². The monoisotopic (exact) mass is 599 g/mol. The van der Waals surface area contributed by atoms with Gasteiger partial charge in [-0.15, -0.1) is 0 Å². The third kappa shape index (κ3) is 8.02. The summed E-state index contributed by atoms with van der Waals surface area (Å²) in [5, 5.41) is 2.87. The zero-order valence-electron chi connectivity index (χ0n) is 24.6. The van der Waals surface area contributed by atoms with Crippen molar-refractivity contribution in [3.05, 3.63) is 126 Å². The third-order valence-electron chi connectivity index (χ3n) is 7.03. The number of para-hydroxylation sites is 1. The Kier molecular flexibility index (Phi) is 10.6. The summed E-state index contributed by atoms with van der Waals surface area (Å²) >= 11 is 0. The van der Waals surface area contributed by atoms with Crippen molar-refractivity contribution in [3.63, 3.8) is 0 Å². The summed E-state index contributed by atoms with van der Waals surface area (Å²) < 4.78 is 34.3. The Hall–Kier alpha value is -4.63. The number of benzene rings is 4. The zero-order chi connectivity index (χ0) is 30.8. The van der Waals surface area contributed by atoms with Gasteiger partial charge in [-0.1, -0.05) is 78.4 Å². The molecule has 0 bridgehead atoms. The highest BCUT2D eigenvalue weighted by Gasteiger charge is 2.34. The number of sulfonamides is 1. The van der Waals surface area contributed by atoms with E-state index in [9.17, 15) is 18.0 Å². The van der Waals surface area contributed by atoms with Crippen molar-refractivity contribution in [2.45, 2.75) is 37.8 Å². The van der Waals surface area contributed by atoms with Crippen LogP contribution >= 0.6 is 0 Å². The molecule has 0 radical (unpaired) electrons. The van der Waals surface area contributed by atoms with Crippen LogP contribution in [0.2, 0.25) is 0 Å². The van der Waals surface area contributed by atoms with Crippen LogP contribution in [0.25, 0.3) is 0 Å². The Balaban J connectivity index is 1.77. The number of hydrogen-bond acceptors (Lipinski definition) is 5. The number of aryl methyl sites for hydroxylation is 1. The van der Waals surface area contributed by atoms with Crippen LogP contribution in [0.3, 0.4) is 0 Å². The number of nitrogens with zero attached hydrogens (tertiary/aromatic N) is 2. The highest BCUT2D eigenvalue weighted by atomic mass is 32.2. The molecule has 0 saturated heterocycles. The van der Waals surface area contributed by atoms with Crippen LogP contribution in [0.1, 0.15) is 23.6 Å². The fraction of sp³-hybridized carbons (Fsp3) is 0.235. The summed E-state index contributed by atoms with van der Waals surface area (Å²) in [5.74, 6) is -0.303. The van der Waals surface area contributed by atoms with Crippen LogP contribution in [-0.2, 0) is 32.6 Å². The second kappa shape index (κ2) is 14.5. The molecule has 0 aliphatic rings. The maximum atomic E-state index is 14.4. The number of nitrogens with one attached hydrogen (secondary N) is 1. The largest absolute Gasteiger partial charge is 0.497 e. The van der Waals surface area contributed by atoms with E-state index in [0.717, 1.165) is 21.0 Å². The van der Waals surface area contributed by atoms with Gasteiger partial charge in [-0.3, -0.25) is 13.9 Å². The number of likely N-dealkylation sites (N-methyl/N-ethyl adjacent to an activating group) is 1. The summed E-state index contributed by atoms with van der Waals surface area (Å²) in [6, 6.07) is 30.8. The number of ether oxygens (including phenoxy) is 1. The maximum Gasteiger partial charge on any atom is 0.264 e. The van der Waals surface area contributed by atoms with Gasteiger partial charge in [0.1, 0.15) is 18.3 Å². The Morgan fingerprint density at radius 3 is 2.07 bits per heavy atom. The van der Waals surface area contributed by atoms with Gasteiger partial charge in [0.05, 0.1) is 17.7 Å². The fourth-order valence-electron chi connectivity index (χ4n) is 4.85. The van der Waals surface area contributed by atoms with Gasteiger partial charge in [0, 0.05) is 19.5 Å². The lowest BCUT2D eigenvalue weighted by Gasteiger charge is -2.34. The van der Waals surface area contributed by atoms with E-state index in [2.05, 4.69) is 5.32 Å². The highest BCUT2D eigenvalue weighted by Crippen LogP contribution is 2.26. The molecule has 43 heavy (non-hydrogen) atoms. The Labute approximate surface area is 254 Å². The molecule has 4 aromatic rings. The molecule has 0 spiro atoms. The van der Waals surface area contributed by atoms with Gasteiger partial charge in [0.25, 0.3) is 10.0 Å². The first-order valence-corrected chi connectivity index (χ1v) is 15.6. The molecule has 0 aliphatic heterocycles. The van der Waals surface area contributed by atoms with Gasteiger partial charge >= 0.3 is 0 Å². The molecule has 1 atom stereocenters. The van der Waals surface area contributed by atoms with E-state index < -0.39 is 28.5 Å². The molecule has 224 valence electrons. The molecule has 0 heterocycles. The van der Waals surface area contributed by atoms with E-state index >= 15 is 0 Å². The first-order valence-electron chi connectivity index (χ1n) is 14.1. The van der Waals surface area contributed by atoms with Crippen LogP contribution in [-0.4, -0.2) is 51.4 Å². The summed E-state index contributed by atoms with van der Waals surface area (Å²) in [4.78, 5) is 29.4. The van der Waals surface area contributed by atoms with Crippen molar-refractivity contribution in [2.75, 3.05) is 24.5 Å². The first kappa shape index (κ1) is 31.3. The second-order valence-electron chi connectivity index (χ2n) is 10.1. The van der Waals surface area contributed by atoms with Gasteiger partial charge < -0.3 is 15.0 Å². The number of amides is 2. The molecule has 0 aromatic heterocycles. The van der Waals surface area contributed by atoms with E-state index in [1.165, 1.54) is 24.1 Å². The van der Waals surface area contributed by atoms with Crippen molar-refractivity contribution in [2.24, 2.45) is 0 Å². The number of methoxy groups -OCH3 is 1. The minimum absolute atomic E-state index is 0.0137. The third-order valence-corrected chi connectivity index (χ3v) is 8.82. The van der Waals surface area contributed by atoms with Gasteiger partial charge in [-0.25, -0.2) is 8.42 Å². The second-order valence-corrected chi connectivity index (χ2v) is 12.0. The topological polar surface area (TPSA) is 96.0 Å². The minimum Gasteiger partial charge on any atom is -0.497 e. The number of carbonyl (C=O) groups excluding carboxylic acids is 2. The van der Waals surface area contributed by atoms with Gasteiger partial charge in [-0.05, 0) is 61.4 Å². The van der Waals surface area contributed by atoms with E-state index in [4.69, 9.17) is 4.74 Å². The first-order chi connectivity index (χ1) is 20.7. The van der Waals surface area contributed by atoms with E-state index in [-0.39, 0.29) is 23.8 Å². The Morgan fingerprint density at radius 1 is 0.837 bits per heavy atom. The molecular weight excluding hydrogens is 562 g/mol. The molecule has 0 aliphatic carbocycles. The molecule has 1 N–H and O–H groups in total. The molecule has 2 amide bonds. The lowest BCUT2D eigenvalue weighted by atomic mass is 10.0. The maximum absolute atomic E-state index is 14.4. The molecule has 4 aromatic carbocycles. The number of carbonyl (C=O) groups is 2. The molecule has 4 rings (SSSR count). The van der Waals surface area contributed by atoms with Crippen LogP contribution in [0, 0.1) is 6.92 Å². The molecule has 0 saturated carbocycles. The number of rotatable bonds is 13. The van der Waals surface area contributed by atoms with E-state index in [1.54, 1.807) is 42.5 Å². The van der Waals surface area contributed by atoms with Crippen molar-refractivity contribution < 1.29 is 22.7 Å². The minimum atomic E-state index is -4.17. The lowest BCUT2D eigenvalue weighted by molar-refractivity contribution is -0.140. The predicted octanol–water partition coefficient (Wildman–Crippen LogP) is 4.98. The molecule has 9 heteroatoms. The molecule has 0 fully saturated rings. The summed E-state index contributed by atoms with van der Waals surface area (Å²) in [6.45, 7) is 3.79. The quantitative estimate of drug-likeness (QED) is 0.234. The summed E-state index contributed by atoms with van der Waals surface area (Å²) in [5.41, 5.74) is 3.06. The summed E-state index contributed by atoms with van der Waals surface area (Å²) in [6.07, 6.45) is 0.265. The predicted molar refractivity (Wildman–Crippen MR) is 168 cm³/mol. The highest BCUT2D eigenvalue weighted by molar-refractivity contribution is 7.92. The fourth-order valence-corrected chi connectivity index (χ4v) is 6.27. The van der Waals surface area contributed by atoms with Crippen LogP contribution < -0.4 is 14.4 Å². The van der Waals surface area contributed by atoms with Gasteiger partial charge in [-0.2, -0.15) is 0 Å². The smallest absolute Gasteiger partial charge is 0.264 e.